The standard InChI is InChI=1S/C18H16N6O2S2/c1-11(15(25)19-9-12-5-4-8-27-12)28-18-22-14-7-3-2-6-13(14)16(26)24(18)17-20-10-21-23-17/h2-8,10-11H,9H2,1H3,(H,19,25)(H,20,21,23)/t11-/m0/s1. The third-order valence-electron chi connectivity index (χ3n) is 4.03. The van der Waals surface area contributed by atoms with Crippen molar-refractivity contribution in [3.8, 4) is 5.95 Å². The zero-order chi connectivity index (χ0) is 19.5. The van der Waals surface area contributed by atoms with Gasteiger partial charge in [-0.2, -0.15) is 10.1 Å². The second-order valence-corrected chi connectivity index (χ2v) is 8.26. The molecule has 3 heterocycles. The Balaban J connectivity index is 1.64. The SMILES string of the molecule is C[C@H](Sc1nc2ccccc2c(=O)n1-c1ncn[nH]1)C(=O)NCc1cccs1. The predicted molar refractivity (Wildman–Crippen MR) is 109 cm³/mol. The van der Waals surface area contributed by atoms with Crippen molar-refractivity contribution in [2.24, 2.45) is 0 Å². The first-order chi connectivity index (χ1) is 13.6. The van der Waals surface area contributed by atoms with Crippen molar-refractivity contribution in [1.29, 1.82) is 0 Å². The normalized spacial score (nSPS) is 12.2. The number of aromatic amines is 1. The molecule has 0 spiro atoms. The van der Waals surface area contributed by atoms with Crippen molar-refractivity contribution in [1.82, 2.24) is 30.0 Å². The van der Waals surface area contributed by atoms with Gasteiger partial charge in [-0.3, -0.25) is 9.59 Å². The minimum Gasteiger partial charge on any atom is -0.350 e. The lowest BCUT2D eigenvalue weighted by molar-refractivity contribution is -0.120. The Morgan fingerprint density at radius 2 is 2.18 bits per heavy atom. The maximum atomic E-state index is 13.0. The van der Waals surface area contributed by atoms with Crippen LogP contribution < -0.4 is 10.9 Å². The Hall–Kier alpha value is -2.98. The topological polar surface area (TPSA) is 106 Å². The fraction of sp³-hybridized carbons (Fsp3) is 0.167. The van der Waals surface area contributed by atoms with E-state index in [1.165, 1.54) is 22.7 Å². The molecule has 0 aliphatic carbocycles. The second kappa shape index (κ2) is 7.95. The fourth-order valence-electron chi connectivity index (χ4n) is 2.63. The van der Waals surface area contributed by atoms with E-state index in [1.54, 1.807) is 36.5 Å². The van der Waals surface area contributed by atoms with Gasteiger partial charge >= 0.3 is 0 Å². The third kappa shape index (κ3) is 3.69. The van der Waals surface area contributed by atoms with E-state index in [-0.39, 0.29) is 17.4 Å². The summed E-state index contributed by atoms with van der Waals surface area (Å²) in [6.07, 6.45) is 1.32. The van der Waals surface area contributed by atoms with E-state index in [1.807, 2.05) is 23.6 Å². The zero-order valence-corrected chi connectivity index (χ0v) is 16.5. The lowest BCUT2D eigenvalue weighted by Crippen LogP contribution is -2.31. The van der Waals surface area contributed by atoms with Gasteiger partial charge in [0.2, 0.25) is 11.9 Å². The molecule has 1 amide bonds. The second-order valence-electron chi connectivity index (χ2n) is 5.92. The highest BCUT2D eigenvalue weighted by Crippen LogP contribution is 2.24. The van der Waals surface area contributed by atoms with Gasteiger partial charge in [-0.25, -0.2) is 14.6 Å². The highest BCUT2D eigenvalue weighted by atomic mass is 32.2. The Morgan fingerprint density at radius 3 is 2.93 bits per heavy atom. The van der Waals surface area contributed by atoms with Gasteiger partial charge in [0, 0.05) is 4.88 Å². The number of hydrogen-bond acceptors (Lipinski definition) is 7. The lowest BCUT2D eigenvalue weighted by atomic mass is 10.2. The summed E-state index contributed by atoms with van der Waals surface area (Å²) in [5.41, 5.74) is 0.299. The van der Waals surface area contributed by atoms with Crippen molar-refractivity contribution in [3.63, 3.8) is 0 Å². The number of amides is 1. The Bertz CT molecular complexity index is 1150. The molecule has 0 aliphatic heterocycles. The molecule has 1 atom stereocenters. The van der Waals surface area contributed by atoms with Gasteiger partial charge in [0.1, 0.15) is 6.33 Å². The number of H-pyrrole nitrogens is 1. The number of nitrogens with one attached hydrogen (secondary N) is 2. The van der Waals surface area contributed by atoms with Crippen LogP contribution in [0.5, 0.6) is 0 Å². The van der Waals surface area contributed by atoms with Gasteiger partial charge in [-0.15, -0.1) is 11.3 Å². The first-order valence-corrected chi connectivity index (χ1v) is 10.2. The maximum Gasteiger partial charge on any atom is 0.269 e. The highest BCUT2D eigenvalue weighted by Gasteiger charge is 2.21. The molecular weight excluding hydrogens is 396 g/mol. The third-order valence-corrected chi connectivity index (χ3v) is 5.96. The van der Waals surface area contributed by atoms with Crippen LogP contribution >= 0.6 is 23.1 Å². The zero-order valence-electron chi connectivity index (χ0n) is 14.8. The molecule has 10 heteroatoms. The average Bonchev–Trinajstić information content (AvgIpc) is 3.40. The van der Waals surface area contributed by atoms with Gasteiger partial charge < -0.3 is 5.32 Å². The minimum absolute atomic E-state index is 0.134. The number of benzene rings is 1. The van der Waals surface area contributed by atoms with Crippen LogP contribution in [0, 0.1) is 0 Å². The number of fused-ring (bicyclic) bond motifs is 1. The van der Waals surface area contributed by atoms with Crippen molar-refractivity contribution in [2.75, 3.05) is 0 Å². The van der Waals surface area contributed by atoms with Gasteiger partial charge in [0.05, 0.1) is 22.7 Å². The summed E-state index contributed by atoms with van der Waals surface area (Å²) >= 11 is 2.78. The van der Waals surface area contributed by atoms with Crippen molar-refractivity contribution in [3.05, 3.63) is 63.3 Å². The molecule has 0 radical (unpaired) electrons. The monoisotopic (exact) mass is 412 g/mol. The summed E-state index contributed by atoms with van der Waals surface area (Å²) in [4.78, 5) is 35.3. The number of aromatic nitrogens is 5. The van der Waals surface area contributed by atoms with Crippen LogP contribution in [0.25, 0.3) is 16.9 Å². The van der Waals surface area contributed by atoms with E-state index in [4.69, 9.17) is 0 Å². The molecule has 0 aliphatic rings. The van der Waals surface area contributed by atoms with E-state index < -0.39 is 5.25 Å². The number of rotatable bonds is 6. The van der Waals surface area contributed by atoms with E-state index in [0.29, 0.717) is 22.6 Å². The Kier molecular flexibility index (Phi) is 5.22. The molecule has 28 heavy (non-hydrogen) atoms. The van der Waals surface area contributed by atoms with Crippen LogP contribution in [-0.4, -0.2) is 35.9 Å². The number of carbonyl (C=O) groups is 1. The van der Waals surface area contributed by atoms with Gasteiger partial charge in [-0.05, 0) is 30.5 Å². The molecule has 0 saturated carbocycles. The van der Waals surface area contributed by atoms with Crippen LogP contribution in [0.2, 0.25) is 0 Å². The lowest BCUT2D eigenvalue weighted by Gasteiger charge is -2.14. The van der Waals surface area contributed by atoms with E-state index in [9.17, 15) is 9.59 Å². The van der Waals surface area contributed by atoms with Crippen LogP contribution in [0.15, 0.2) is 58.1 Å². The molecule has 3 aromatic heterocycles. The average molecular weight is 413 g/mol. The number of nitrogens with zero attached hydrogens (tertiary/aromatic N) is 4. The Morgan fingerprint density at radius 1 is 1.32 bits per heavy atom. The van der Waals surface area contributed by atoms with E-state index >= 15 is 0 Å². The van der Waals surface area contributed by atoms with Gasteiger partial charge in [0.25, 0.3) is 5.56 Å². The summed E-state index contributed by atoms with van der Waals surface area (Å²) in [6, 6.07) is 11.0. The summed E-state index contributed by atoms with van der Waals surface area (Å²) in [7, 11) is 0. The number of thiophene rings is 1. The Labute approximate surface area is 168 Å². The van der Waals surface area contributed by atoms with Crippen molar-refractivity contribution < 1.29 is 4.79 Å². The molecule has 4 aromatic rings. The maximum absolute atomic E-state index is 13.0. The molecule has 8 nitrogen and oxygen atoms in total. The first kappa shape index (κ1) is 18.4. The summed E-state index contributed by atoms with van der Waals surface area (Å²) < 4.78 is 1.35. The number of thioether (sulfide) groups is 1. The highest BCUT2D eigenvalue weighted by molar-refractivity contribution is 8.00. The largest absolute Gasteiger partial charge is 0.350 e. The van der Waals surface area contributed by atoms with E-state index in [2.05, 4.69) is 25.5 Å². The summed E-state index contributed by atoms with van der Waals surface area (Å²) in [5.74, 6) is 0.127. The molecule has 0 bridgehead atoms. The van der Waals surface area contributed by atoms with Crippen LogP contribution in [0.1, 0.15) is 11.8 Å². The molecular formula is C18H16N6O2S2. The molecule has 0 unspecified atom stereocenters. The molecule has 1 aromatic carbocycles. The number of hydrogen-bond donors (Lipinski definition) is 2. The van der Waals surface area contributed by atoms with Crippen molar-refractivity contribution >= 4 is 39.9 Å². The smallest absolute Gasteiger partial charge is 0.269 e. The van der Waals surface area contributed by atoms with Gasteiger partial charge in [-0.1, -0.05) is 30.0 Å². The molecule has 4 rings (SSSR count). The molecule has 142 valence electrons. The molecule has 0 fully saturated rings. The summed E-state index contributed by atoms with van der Waals surface area (Å²) in [5, 5.41) is 11.8. The quantitative estimate of drug-likeness (QED) is 0.372. The fourth-order valence-corrected chi connectivity index (χ4v) is 4.20. The van der Waals surface area contributed by atoms with Crippen molar-refractivity contribution in [2.45, 2.75) is 23.9 Å². The minimum atomic E-state index is -0.456. The predicted octanol–water partition coefficient (Wildman–Crippen LogP) is 2.36. The van der Waals surface area contributed by atoms with Crippen LogP contribution in [-0.2, 0) is 11.3 Å². The van der Waals surface area contributed by atoms with Crippen LogP contribution in [0.4, 0.5) is 0 Å². The molecule has 2 N–H and O–H groups in total. The number of para-hydroxylation sites is 1. The molecule has 0 saturated heterocycles. The van der Waals surface area contributed by atoms with E-state index in [0.717, 1.165) is 4.88 Å². The first-order valence-electron chi connectivity index (χ1n) is 8.48. The summed E-state index contributed by atoms with van der Waals surface area (Å²) in [6.45, 7) is 2.25. The van der Waals surface area contributed by atoms with Gasteiger partial charge in [0.15, 0.2) is 5.16 Å². The number of carbonyl (C=O) groups excluding carboxylic acids is 1. The van der Waals surface area contributed by atoms with Crippen LogP contribution in [0.3, 0.4) is 0 Å².